The smallest absolute Gasteiger partial charge is 0.161 e. The normalized spacial score (nSPS) is 10.8. The Morgan fingerprint density at radius 1 is 0.750 bits per heavy atom. The van der Waals surface area contributed by atoms with E-state index < -0.39 is 0 Å². The molecule has 0 aliphatic rings. The maximum atomic E-state index is 5.94. The number of ether oxygens (including phenoxy) is 4. The third kappa shape index (κ3) is 9.09. The van der Waals surface area contributed by atoms with Gasteiger partial charge in [-0.3, -0.25) is 0 Å². The average Bonchev–Trinajstić information content (AvgIpc) is 2.78. The van der Waals surface area contributed by atoms with Crippen LogP contribution in [-0.2, 0) is 0 Å². The summed E-state index contributed by atoms with van der Waals surface area (Å²) < 4.78 is 23.2. The van der Waals surface area contributed by atoms with Crippen LogP contribution in [0.5, 0.6) is 23.0 Å². The first-order chi connectivity index (χ1) is 15.5. The van der Waals surface area contributed by atoms with Gasteiger partial charge in [-0.1, -0.05) is 50.5 Å². The Morgan fingerprint density at radius 2 is 1.41 bits per heavy atom. The van der Waals surface area contributed by atoms with E-state index in [0.717, 1.165) is 59.8 Å². The molecule has 0 spiro atoms. The van der Waals surface area contributed by atoms with Gasteiger partial charge in [0.15, 0.2) is 11.5 Å². The zero-order valence-corrected chi connectivity index (χ0v) is 20.3. The maximum Gasteiger partial charge on any atom is 0.161 e. The Labute approximate surface area is 193 Å². The molecule has 0 radical (unpaired) electrons. The summed E-state index contributed by atoms with van der Waals surface area (Å²) in [5.74, 6) is 3.14. The van der Waals surface area contributed by atoms with Gasteiger partial charge in [0.2, 0.25) is 0 Å². The van der Waals surface area contributed by atoms with Crippen LogP contribution in [0.4, 0.5) is 0 Å². The maximum absolute atomic E-state index is 5.94. The molecular formula is C28H38O4. The van der Waals surface area contributed by atoms with Crippen LogP contribution in [0.2, 0.25) is 0 Å². The number of unbranched alkanes of at least 4 members (excludes halogenated alkanes) is 2. The minimum absolute atomic E-state index is 0.542. The van der Waals surface area contributed by atoms with E-state index in [1.807, 2.05) is 36.4 Å². The quantitative estimate of drug-likeness (QED) is 0.173. The fourth-order valence-electron chi connectivity index (χ4n) is 2.92. The molecule has 174 valence electrons. The highest BCUT2D eigenvalue weighted by atomic mass is 16.5. The topological polar surface area (TPSA) is 36.9 Å². The summed E-state index contributed by atoms with van der Waals surface area (Å²) in [7, 11) is 1.67. The lowest BCUT2D eigenvalue weighted by atomic mass is 10.1. The molecule has 0 saturated carbocycles. The third-order valence-corrected chi connectivity index (χ3v) is 4.82. The molecule has 0 fully saturated rings. The summed E-state index contributed by atoms with van der Waals surface area (Å²) in [6.45, 7) is 10.4. The zero-order valence-electron chi connectivity index (χ0n) is 20.3. The Morgan fingerprint density at radius 3 is 2.06 bits per heavy atom. The fraction of sp³-hybridized carbons (Fsp3) is 0.429. The van der Waals surface area contributed by atoms with E-state index in [1.54, 1.807) is 7.11 Å². The predicted molar refractivity (Wildman–Crippen MR) is 134 cm³/mol. The van der Waals surface area contributed by atoms with E-state index in [1.165, 1.54) is 5.57 Å². The van der Waals surface area contributed by atoms with Gasteiger partial charge in [0, 0.05) is 6.07 Å². The number of allylic oxidation sites excluding steroid dienone is 1. The summed E-state index contributed by atoms with van der Waals surface area (Å²) in [5, 5.41) is 0. The number of rotatable bonds is 14. The standard InChI is InChI=1S/C28H38O4/c1-6-8-15-30-25-18-24(19-26(21-25)31-17-14-22(3)4)11-10-23-12-13-27(28(20-23)29-5)32-16-9-7-2/h10-14,18-21H,6-9,15-17H2,1-5H3/b11-10+. The van der Waals surface area contributed by atoms with Crippen LogP contribution in [0.25, 0.3) is 12.2 Å². The molecule has 0 aliphatic carbocycles. The van der Waals surface area contributed by atoms with Crippen molar-refractivity contribution in [1.29, 1.82) is 0 Å². The predicted octanol–water partition coefficient (Wildman–Crippen LogP) is 7.57. The van der Waals surface area contributed by atoms with Crippen molar-refractivity contribution in [1.82, 2.24) is 0 Å². The molecule has 0 heterocycles. The highest BCUT2D eigenvalue weighted by molar-refractivity contribution is 5.72. The van der Waals surface area contributed by atoms with Crippen LogP contribution in [0, 0.1) is 0 Å². The van der Waals surface area contributed by atoms with Crippen molar-refractivity contribution in [3.63, 3.8) is 0 Å². The molecule has 2 rings (SSSR count). The molecule has 0 unspecified atom stereocenters. The second-order valence-electron chi connectivity index (χ2n) is 7.98. The first-order valence-corrected chi connectivity index (χ1v) is 11.6. The average molecular weight is 439 g/mol. The Kier molecular flexibility index (Phi) is 11.3. The van der Waals surface area contributed by atoms with Gasteiger partial charge in [-0.25, -0.2) is 0 Å². The van der Waals surface area contributed by atoms with Crippen LogP contribution in [0.1, 0.15) is 64.5 Å². The van der Waals surface area contributed by atoms with Crippen molar-refractivity contribution in [2.45, 2.75) is 53.4 Å². The minimum Gasteiger partial charge on any atom is -0.493 e. The van der Waals surface area contributed by atoms with E-state index in [0.29, 0.717) is 19.8 Å². The van der Waals surface area contributed by atoms with Gasteiger partial charge in [-0.15, -0.1) is 0 Å². The van der Waals surface area contributed by atoms with Gasteiger partial charge in [-0.2, -0.15) is 0 Å². The molecule has 4 nitrogen and oxygen atoms in total. The molecule has 0 N–H and O–H groups in total. The summed E-state index contributed by atoms with van der Waals surface area (Å²) in [6, 6.07) is 12.0. The molecule has 2 aromatic carbocycles. The summed E-state index contributed by atoms with van der Waals surface area (Å²) in [5.41, 5.74) is 3.29. The number of methoxy groups -OCH3 is 1. The lowest BCUT2D eigenvalue weighted by Crippen LogP contribution is -1.99. The highest BCUT2D eigenvalue weighted by Crippen LogP contribution is 2.30. The molecule has 0 aromatic heterocycles. The summed E-state index contributed by atoms with van der Waals surface area (Å²) in [4.78, 5) is 0. The SMILES string of the molecule is CCCCOc1cc(/C=C/c2ccc(OCCCC)c(OC)c2)cc(OCC=C(C)C)c1. The Balaban J connectivity index is 2.19. The van der Waals surface area contributed by atoms with Crippen molar-refractivity contribution in [2.24, 2.45) is 0 Å². The lowest BCUT2D eigenvalue weighted by Gasteiger charge is -2.11. The molecule has 0 aliphatic heterocycles. The van der Waals surface area contributed by atoms with Crippen LogP contribution in [0.3, 0.4) is 0 Å². The van der Waals surface area contributed by atoms with E-state index in [4.69, 9.17) is 18.9 Å². The Bertz CT molecular complexity index is 879. The van der Waals surface area contributed by atoms with E-state index >= 15 is 0 Å². The molecule has 0 amide bonds. The number of benzene rings is 2. The Hall–Kier alpha value is -2.88. The first kappa shape index (κ1) is 25.4. The third-order valence-electron chi connectivity index (χ3n) is 4.82. The van der Waals surface area contributed by atoms with Gasteiger partial charge >= 0.3 is 0 Å². The molecule has 0 atom stereocenters. The molecule has 0 saturated heterocycles. The lowest BCUT2D eigenvalue weighted by molar-refractivity contribution is 0.288. The van der Waals surface area contributed by atoms with Crippen molar-refractivity contribution >= 4 is 12.2 Å². The number of hydrogen-bond acceptors (Lipinski definition) is 4. The summed E-state index contributed by atoms with van der Waals surface area (Å²) >= 11 is 0. The van der Waals surface area contributed by atoms with Crippen molar-refractivity contribution in [3.05, 3.63) is 59.2 Å². The molecule has 0 bridgehead atoms. The highest BCUT2D eigenvalue weighted by Gasteiger charge is 2.06. The van der Waals surface area contributed by atoms with E-state index in [9.17, 15) is 0 Å². The van der Waals surface area contributed by atoms with Gasteiger partial charge in [0.05, 0.1) is 20.3 Å². The zero-order chi connectivity index (χ0) is 23.2. The molecule has 32 heavy (non-hydrogen) atoms. The van der Waals surface area contributed by atoms with E-state index in [2.05, 4.69) is 45.9 Å². The molecule has 2 aromatic rings. The van der Waals surface area contributed by atoms with Gasteiger partial charge in [0.1, 0.15) is 18.1 Å². The van der Waals surface area contributed by atoms with Gasteiger partial charge in [0.25, 0.3) is 0 Å². The fourth-order valence-corrected chi connectivity index (χ4v) is 2.92. The van der Waals surface area contributed by atoms with Crippen LogP contribution >= 0.6 is 0 Å². The van der Waals surface area contributed by atoms with Crippen molar-refractivity contribution < 1.29 is 18.9 Å². The van der Waals surface area contributed by atoms with Crippen LogP contribution in [-0.4, -0.2) is 26.9 Å². The van der Waals surface area contributed by atoms with Gasteiger partial charge < -0.3 is 18.9 Å². The summed E-state index contributed by atoms with van der Waals surface area (Å²) in [6.07, 6.45) is 10.4. The second kappa shape index (κ2) is 14.2. The first-order valence-electron chi connectivity index (χ1n) is 11.6. The minimum atomic E-state index is 0.542. The number of hydrogen-bond donors (Lipinski definition) is 0. The van der Waals surface area contributed by atoms with E-state index in [-0.39, 0.29) is 0 Å². The van der Waals surface area contributed by atoms with Crippen molar-refractivity contribution in [2.75, 3.05) is 26.9 Å². The van der Waals surface area contributed by atoms with Crippen LogP contribution < -0.4 is 18.9 Å². The molecule has 4 heteroatoms. The monoisotopic (exact) mass is 438 g/mol. The van der Waals surface area contributed by atoms with Crippen molar-refractivity contribution in [3.8, 4) is 23.0 Å². The van der Waals surface area contributed by atoms with Crippen LogP contribution in [0.15, 0.2) is 48.0 Å². The van der Waals surface area contributed by atoms with Gasteiger partial charge in [-0.05, 0) is 68.2 Å². The largest absolute Gasteiger partial charge is 0.493 e. The second-order valence-corrected chi connectivity index (χ2v) is 7.98. The molecular weight excluding hydrogens is 400 g/mol.